The molecule has 1 rings (SSSR count). The Morgan fingerprint density at radius 2 is 2.31 bits per heavy atom. The number of hydrogen-bond acceptors (Lipinski definition) is 4. The van der Waals surface area contributed by atoms with Crippen LogP contribution in [0.2, 0.25) is 0 Å². The maximum absolute atomic E-state index is 11.4. The smallest absolute Gasteiger partial charge is 0.276 e. The molecule has 0 fully saturated rings. The standard InChI is InChI=1S/C7H12N2O3S/c1-6(2)5-9-13(10,11)7-3-4-8-12-7/h3-4,6,9H,5H2,1-2H3. The fourth-order valence-electron chi connectivity index (χ4n) is 0.690. The predicted octanol–water partition coefficient (Wildman–Crippen LogP) is 0.609. The molecule has 0 aromatic carbocycles. The third-order valence-corrected chi connectivity index (χ3v) is 2.65. The highest BCUT2D eigenvalue weighted by Crippen LogP contribution is 2.06. The number of hydrogen-bond donors (Lipinski definition) is 1. The van der Waals surface area contributed by atoms with Crippen molar-refractivity contribution in [2.24, 2.45) is 5.92 Å². The summed E-state index contributed by atoms with van der Waals surface area (Å²) in [5.74, 6) is 0.262. The van der Waals surface area contributed by atoms with Crippen molar-refractivity contribution in [2.45, 2.75) is 18.9 Å². The van der Waals surface area contributed by atoms with E-state index in [1.54, 1.807) is 0 Å². The minimum Gasteiger partial charge on any atom is -0.343 e. The highest BCUT2D eigenvalue weighted by Gasteiger charge is 2.17. The van der Waals surface area contributed by atoms with E-state index < -0.39 is 10.0 Å². The third-order valence-electron chi connectivity index (χ3n) is 1.36. The van der Waals surface area contributed by atoms with Gasteiger partial charge in [0.15, 0.2) is 0 Å². The van der Waals surface area contributed by atoms with Crippen LogP contribution in [0.25, 0.3) is 0 Å². The Balaban J connectivity index is 2.68. The van der Waals surface area contributed by atoms with Gasteiger partial charge in [-0.3, -0.25) is 0 Å². The Morgan fingerprint density at radius 3 is 2.77 bits per heavy atom. The van der Waals surface area contributed by atoms with E-state index >= 15 is 0 Å². The summed E-state index contributed by atoms with van der Waals surface area (Å²) in [5, 5.41) is 3.18. The number of aromatic nitrogens is 1. The van der Waals surface area contributed by atoms with Crippen LogP contribution in [-0.4, -0.2) is 20.1 Å². The molecule has 1 N–H and O–H groups in total. The normalized spacial score (nSPS) is 12.2. The highest BCUT2D eigenvalue weighted by atomic mass is 32.2. The molecule has 1 heterocycles. The van der Waals surface area contributed by atoms with Gasteiger partial charge in [0.2, 0.25) is 0 Å². The lowest BCUT2D eigenvalue weighted by Crippen LogP contribution is -2.27. The number of nitrogens with one attached hydrogen (secondary N) is 1. The SMILES string of the molecule is CC(C)CNS(=O)(=O)c1ccno1. The zero-order chi connectivity index (χ0) is 9.90. The minimum absolute atomic E-state index is 0.145. The van der Waals surface area contributed by atoms with Gasteiger partial charge >= 0.3 is 0 Å². The van der Waals surface area contributed by atoms with Crippen LogP contribution in [0.1, 0.15) is 13.8 Å². The van der Waals surface area contributed by atoms with Crippen molar-refractivity contribution < 1.29 is 12.9 Å². The van der Waals surface area contributed by atoms with Crippen molar-refractivity contribution >= 4 is 10.0 Å². The van der Waals surface area contributed by atoms with Gasteiger partial charge in [-0.15, -0.1) is 0 Å². The molecule has 0 aliphatic heterocycles. The predicted molar refractivity (Wildman–Crippen MR) is 46.5 cm³/mol. The Morgan fingerprint density at radius 1 is 1.62 bits per heavy atom. The van der Waals surface area contributed by atoms with E-state index in [1.165, 1.54) is 12.3 Å². The molecule has 13 heavy (non-hydrogen) atoms. The lowest BCUT2D eigenvalue weighted by Gasteiger charge is -2.05. The lowest BCUT2D eigenvalue weighted by atomic mass is 10.2. The fraction of sp³-hybridized carbons (Fsp3) is 0.571. The van der Waals surface area contributed by atoms with Crippen molar-refractivity contribution in [3.05, 3.63) is 12.3 Å². The van der Waals surface area contributed by atoms with E-state index in [4.69, 9.17) is 0 Å². The van der Waals surface area contributed by atoms with Crippen LogP contribution < -0.4 is 4.72 Å². The largest absolute Gasteiger partial charge is 0.343 e. The lowest BCUT2D eigenvalue weighted by molar-refractivity contribution is 0.337. The second-order valence-corrected chi connectivity index (χ2v) is 4.78. The minimum atomic E-state index is -3.49. The molecule has 1 aromatic rings. The molecule has 5 nitrogen and oxygen atoms in total. The summed E-state index contributed by atoms with van der Waals surface area (Å²) in [6, 6.07) is 1.31. The van der Waals surface area contributed by atoms with E-state index in [0.717, 1.165) is 0 Å². The zero-order valence-electron chi connectivity index (χ0n) is 7.52. The van der Waals surface area contributed by atoms with Gasteiger partial charge in [-0.05, 0) is 5.92 Å². The van der Waals surface area contributed by atoms with Crippen molar-refractivity contribution in [1.82, 2.24) is 9.88 Å². The molecule has 0 atom stereocenters. The van der Waals surface area contributed by atoms with Gasteiger partial charge in [-0.25, -0.2) is 13.1 Å². The molecule has 0 amide bonds. The average molecular weight is 204 g/mol. The molecule has 6 heteroatoms. The Hall–Kier alpha value is -0.880. The van der Waals surface area contributed by atoms with Crippen LogP contribution in [0.5, 0.6) is 0 Å². The van der Waals surface area contributed by atoms with Crippen LogP contribution in [0.3, 0.4) is 0 Å². The Labute approximate surface area is 77.2 Å². The number of nitrogens with zero attached hydrogens (tertiary/aromatic N) is 1. The van der Waals surface area contributed by atoms with Gasteiger partial charge in [-0.2, -0.15) is 0 Å². The van der Waals surface area contributed by atoms with Gasteiger partial charge in [0.05, 0.1) is 6.20 Å². The Bertz CT molecular complexity index is 342. The van der Waals surface area contributed by atoms with Crippen LogP contribution >= 0.6 is 0 Å². The molecular weight excluding hydrogens is 192 g/mol. The summed E-state index contributed by atoms with van der Waals surface area (Å²) in [7, 11) is -3.49. The molecular formula is C7H12N2O3S. The first kappa shape index (κ1) is 10.2. The first-order chi connectivity index (χ1) is 6.02. The van der Waals surface area contributed by atoms with Gasteiger partial charge in [0, 0.05) is 12.6 Å². The highest BCUT2D eigenvalue weighted by molar-refractivity contribution is 7.89. The topological polar surface area (TPSA) is 72.2 Å². The molecule has 0 saturated heterocycles. The van der Waals surface area contributed by atoms with Crippen molar-refractivity contribution in [2.75, 3.05) is 6.54 Å². The second kappa shape index (κ2) is 3.89. The number of rotatable bonds is 4. The quantitative estimate of drug-likeness (QED) is 0.779. The summed E-state index contributed by atoms with van der Waals surface area (Å²) in [4.78, 5) is 0. The summed E-state index contributed by atoms with van der Waals surface area (Å²) in [6.45, 7) is 4.23. The molecule has 1 aromatic heterocycles. The van der Waals surface area contributed by atoms with Crippen LogP contribution in [-0.2, 0) is 10.0 Å². The van der Waals surface area contributed by atoms with E-state index in [-0.39, 0.29) is 11.0 Å². The molecule has 0 spiro atoms. The third kappa shape index (κ3) is 2.82. The molecule has 0 saturated carbocycles. The van der Waals surface area contributed by atoms with Gasteiger partial charge in [0.1, 0.15) is 0 Å². The van der Waals surface area contributed by atoms with Crippen molar-refractivity contribution in [3.63, 3.8) is 0 Å². The Kier molecular flexibility index (Phi) is 3.05. The molecule has 0 aliphatic rings. The second-order valence-electron chi connectivity index (χ2n) is 3.08. The first-order valence-electron chi connectivity index (χ1n) is 3.92. The summed E-state index contributed by atoms with van der Waals surface area (Å²) in [5.41, 5.74) is 0. The fourth-order valence-corrected chi connectivity index (χ4v) is 1.77. The monoisotopic (exact) mass is 204 g/mol. The van der Waals surface area contributed by atoms with Crippen LogP contribution in [0, 0.1) is 5.92 Å². The summed E-state index contributed by atoms with van der Waals surface area (Å²) in [6.07, 6.45) is 1.30. The van der Waals surface area contributed by atoms with E-state index in [9.17, 15) is 8.42 Å². The molecule has 0 radical (unpaired) electrons. The van der Waals surface area contributed by atoms with Crippen molar-refractivity contribution in [3.8, 4) is 0 Å². The summed E-state index contributed by atoms with van der Waals surface area (Å²) < 4.78 is 29.6. The van der Waals surface area contributed by atoms with Crippen LogP contribution in [0.15, 0.2) is 21.9 Å². The van der Waals surface area contributed by atoms with Crippen molar-refractivity contribution in [1.29, 1.82) is 0 Å². The molecule has 74 valence electrons. The van der Waals surface area contributed by atoms with Gasteiger partial charge in [-0.1, -0.05) is 19.0 Å². The molecule has 0 aliphatic carbocycles. The van der Waals surface area contributed by atoms with E-state index in [1.807, 2.05) is 13.8 Å². The maximum atomic E-state index is 11.4. The summed E-state index contributed by atoms with van der Waals surface area (Å²) >= 11 is 0. The van der Waals surface area contributed by atoms with Gasteiger partial charge in [0.25, 0.3) is 15.1 Å². The van der Waals surface area contributed by atoms with Gasteiger partial charge < -0.3 is 4.52 Å². The zero-order valence-corrected chi connectivity index (χ0v) is 8.34. The average Bonchev–Trinajstić information content (AvgIpc) is 2.53. The van der Waals surface area contributed by atoms with Crippen LogP contribution in [0.4, 0.5) is 0 Å². The first-order valence-corrected chi connectivity index (χ1v) is 5.41. The van der Waals surface area contributed by atoms with E-state index in [2.05, 4.69) is 14.4 Å². The number of sulfonamides is 1. The molecule has 0 unspecified atom stereocenters. The molecule has 0 bridgehead atoms. The maximum Gasteiger partial charge on any atom is 0.276 e. The van der Waals surface area contributed by atoms with E-state index in [0.29, 0.717) is 6.54 Å².